The van der Waals surface area contributed by atoms with Gasteiger partial charge in [0, 0.05) is 19.1 Å². The number of nitrogens with one attached hydrogen (secondary N) is 1. The average molecular weight is 427 g/mol. The normalized spacial score (nSPS) is 20.2. The number of aliphatic hydroxyl groups is 2. The molecule has 2 atom stereocenters. The first kappa shape index (κ1) is 22.0. The molecule has 0 aromatic carbocycles. The number of hydrogen-bond donors (Lipinski definition) is 3. The minimum atomic E-state index is -3.72. The summed E-state index contributed by atoms with van der Waals surface area (Å²) < 4.78 is 33.6. The first-order valence-electron chi connectivity index (χ1n) is 8.50. The lowest BCUT2D eigenvalue weighted by atomic mass is 9.90. The lowest BCUT2D eigenvalue weighted by Gasteiger charge is -2.39. The molecule has 150 valence electrons. The predicted octanol–water partition coefficient (Wildman–Crippen LogP) is 1.84. The molecular formula is C16H27ClN2O5S2. The summed E-state index contributed by atoms with van der Waals surface area (Å²) in [6.07, 6.45) is 0.293. The molecular weight excluding hydrogens is 400 g/mol. The summed E-state index contributed by atoms with van der Waals surface area (Å²) in [4.78, 5) is 1.81. The second-order valence-electron chi connectivity index (χ2n) is 7.40. The van der Waals surface area contributed by atoms with Gasteiger partial charge in [0.1, 0.15) is 4.21 Å². The number of piperidine rings is 1. The van der Waals surface area contributed by atoms with Crippen LogP contribution in [0, 0.1) is 5.92 Å². The van der Waals surface area contributed by atoms with E-state index in [2.05, 4.69) is 4.72 Å². The summed E-state index contributed by atoms with van der Waals surface area (Å²) in [5.41, 5.74) is -0.457. The topological polar surface area (TPSA) is 99.1 Å². The second-order valence-corrected chi connectivity index (χ2v) is 11.1. The van der Waals surface area contributed by atoms with Crippen molar-refractivity contribution in [1.29, 1.82) is 0 Å². The molecule has 0 aliphatic carbocycles. The fourth-order valence-electron chi connectivity index (χ4n) is 2.92. The van der Waals surface area contributed by atoms with Gasteiger partial charge in [0.05, 0.1) is 16.5 Å². The maximum absolute atomic E-state index is 12.4. The van der Waals surface area contributed by atoms with Crippen LogP contribution in [0.15, 0.2) is 16.3 Å². The molecule has 0 amide bonds. The van der Waals surface area contributed by atoms with Crippen LogP contribution in [0.25, 0.3) is 0 Å². The molecule has 1 saturated heterocycles. The molecule has 0 spiro atoms. The zero-order chi connectivity index (χ0) is 19.5. The zero-order valence-corrected chi connectivity index (χ0v) is 17.6. The highest BCUT2D eigenvalue weighted by Gasteiger charge is 2.33. The van der Waals surface area contributed by atoms with Crippen LogP contribution < -0.4 is 4.72 Å². The van der Waals surface area contributed by atoms with E-state index >= 15 is 0 Å². The van der Waals surface area contributed by atoms with Crippen LogP contribution >= 0.6 is 22.9 Å². The summed E-state index contributed by atoms with van der Waals surface area (Å²) in [5.74, 6) is -0.0247. The van der Waals surface area contributed by atoms with Crippen molar-refractivity contribution in [3.8, 4) is 0 Å². The number of ether oxygens (including phenoxy) is 1. The molecule has 1 aliphatic heterocycles. The van der Waals surface area contributed by atoms with E-state index in [4.69, 9.17) is 16.3 Å². The Labute approximate surface area is 164 Å². The summed E-state index contributed by atoms with van der Waals surface area (Å²) in [6, 6.07) is 2.40. The van der Waals surface area contributed by atoms with Crippen molar-refractivity contribution in [3.63, 3.8) is 0 Å². The van der Waals surface area contributed by atoms with Crippen LogP contribution in [0.1, 0.15) is 33.6 Å². The van der Waals surface area contributed by atoms with Crippen molar-refractivity contribution in [2.45, 2.75) is 55.9 Å². The van der Waals surface area contributed by atoms with Crippen molar-refractivity contribution < 1.29 is 23.4 Å². The van der Waals surface area contributed by atoms with Gasteiger partial charge in [-0.25, -0.2) is 13.1 Å². The third-order valence-electron chi connectivity index (χ3n) is 4.23. The van der Waals surface area contributed by atoms with Crippen LogP contribution in [-0.4, -0.2) is 61.3 Å². The molecule has 0 saturated carbocycles. The minimum Gasteiger partial charge on any atom is -0.395 e. The molecule has 0 radical (unpaired) electrons. The van der Waals surface area contributed by atoms with E-state index in [9.17, 15) is 18.6 Å². The predicted molar refractivity (Wildman–Crippen MR) is 102 cm³/mol. The zero-order valence-electron chi connectivity index (χ0n) is 15.2. The van der Waals surface area contributed by atoms with Crippen LogP contribution in [-0.2, 0) is 14.8 Å². The van der Waals surface area contributed by atoms with Gasteiger partial charge in [0.15, 0.2) is 0 Å². The number of aliphatic hydroxyl groups excluding tert-OH is 2. The van der Waals surface area contributed by atoms with E-state index in [1.165, 1.54) is 12.1 Å². The number of rotatable bonds is 7. The van der Waals surface area contributed by atoms with Crippen molar-refractivity contribution in [1.82, 2.24) is 9.62 Å². The van der Waals surface area contributed by atoms with Gasteiger partial charge in [-0.3, -0.25) is 4.90 Å². The van der Waals surface area contributed by atoms with Crippen LogP contribution in [0.3, 0.4) is 0 Å². The molecule has 1 aromatic rings. The molecule has 1 fully saturated rings. The Bertz CT molecular complexity index is 681. The molecule has 0 bridgehead atoms. The van der Waals surface area contributed by atoms with Crippen molar-refractivity contribution in [2.24, 2.45) is 5.92 Å². The van der Waals surface area contributed by atoms with E-state index < -0.39 is 28.1 Å². The highest BCUT2D eigenvalue weighted by Crippen LogP contribution is 2.28. The Morgan fingerprint density at radius 3 is 2.46 bits per heavy atom. The van der Waals surface area contributed by atoms with E-state index in [0.29, 0.717) is 30.3 Å². The van der Waals surface area contributed by atoms with Gasteiger partial charge in [0.2, 0.25) is 16.4 Å². The maximum Gasteiger partial charge on any atom is 0.250 e. The fraction of sp³-hybridized carbons (Fsp3) is 0.750. The number of hydrogen-bond acceptors (Lipinski definition) is 7. The Hall–Kier alpha value is -0.260. The van der Waals surface area contributed by atoms with E-state index in [1.807, 2.05) is 25.7 Å². The van der Waals surface area contributed by atoms with E-state index in [0.717, 1.165) is 11.3 Å². The van der Waals surface area contributed by atoms with Gasteiger partial charge in [-0.1, -0.05) is 11.6 Å². The first-order valence-corrected chi connectivity index (χ1v) is 11.2. The largest absolute Gasteiger partial charge is 0.395 e. The Balaban J connectivity index is 1.94. The maximum atomic E-state index is 12.4. The lowest BCUT2D eigenvalue weighted by Crippen LogP contribution is -2.50. The quantitative estimate of drug-likeness (QED) is 0.575. The molecule has 7 nitrogen and oxygen atoms in total. The SMILES string of the molecule is CC(C)(C)OC(O)N1CCC([C@@H](CO)NS(=O)(=O)c2ccc(Cl)s2)CC1. The van der Waals surface area contributed by atoms with Gasteiger partial charge in [-0.15, -0.1) is 11.3 Å². The number of sulfonamides is 1. The molecule has 1 aromatic heterocycles. The standard InChI is InChI=1S/C16H27ClN2O5S2/c1-16(2,3)24-15(21)19-8-6-11(7-9-19)12(10-20)18-26(22,23)14-5-4-13(17)25-14/h4-5,11-12,15,18,20-21H,6-10H2,1-3H3/t12-,15?/m1/s1. The molecule has 1 aliphatic rings. The van der Waals surface area contributed by atoms with Crippen LogP contribution in [0.5, 0.6) is 0 Å². The number of nitrogens with zero attached hydrogens (tertiary/aromatic N) is 1. The highest BCUT2D eigenvalue weighted by atomic mass is 35.5. The molecule has 2 rings (SSSR count). The number of likely N-dealkylation sites (tertiary alicyclic amines) is 1. The van der Waals surface area contributed by atoms with Crippen LogP contribution in [0.4, 0.5) is 0 Å². The number of thiophene rings is 1. The van der Waals surface area contributed by atoms with Gasteiger partial charge < -0.3 is 14.9 Å². The van der Waals surface area contributed by atoms with Gasteiger partial charge >= 0.3 is 0 Å². The molecule has 3 N–H and O–H groups in total. The number of halogens is 1. The minimum absolute atomic E-state index is 0.0247. The Morgan fingerprint density at radius 1 is 1.38 bits per heavy atom. The summed E-state index contributed by atoms with van der Waals surface area (Å²) >= 11 is 6.79. The van der Waals surface area contributed by atoms with Gasteiger partial charge in [0.25, 0.3) is 0 Å². The summed E-state index contributed by atoms with van der Waals surface area (Å²) in [6.45, 7) is 6.45. The third-order valence-corrected chi connectivity index (χ3v) is 7.44. The lowest BCUT2D eigenvalue weighted by molar-refractivity contribution is -0.243. The van der Waals surface area contributed by atoms with Gasteiger partial charge in [-0.2, -0.15) is 0 Å². The molecule has 1 unspecified atom stereocenters. The summed E-state index contributed by atoms with van der Waals surface area (Å²) in [5, 5.41) is 19.8. The average Bonchev–Trinajstić information content (AvgIpc) is 2.99. The fourth-order valence-corrected chi connectivity index (χ4v) is 5.71. The Morgan fingerprint density at radius 2 is 2.00 bits per heavy atom. The van der Waals surface area contributed by atoms with E-state index in [1.54, 1.807) is 0 Å². The molecule has 2 heterocycles. The highest BCUT2D eigenvalue weighted by molar-refractivity contribution is 7.91. The van der Waals surface area contributed by atoms with E-state index in [-0.39, 0.29) is 16.7 Å². The molecule has 26 heavy (non-hydrogen) atoms. The monoisotopic (exact) mass is 426 g/mol. The van der Waals surface area contributed by atoms with Crippen LogP contribution in [0.2, 0.25) is 4.34 Å². The van der Waals surface area contributed by atoms with Gasteiger partial charge in [-0.05, 0) is 51.7 Å². The smallest absolute Gasteiger partial charge is 0.250 e. The van der Waals surface area contributed by atoms with Crippen molar-refractivity contribution in [3.05, 3.63) is 16.5 Å². The van der Waals surface area contributed by atoms with Crippen molar-refractivity contribution in [2.75, 3.05) is 19.7 Å². The molecule has 10 heteroatoms. The van der Waals surface area contributed by atoms with Crippen molar-refractivity contribution >= 4 is 33.0 Å². The Kier molecular flexibility index (Phi) is 7.48. The first-order chi connectivity index (χ1) is 12.0. The second kappa shape index (κ2) is 8.83. The third kappa shape index (κ3) is 6.13. The summed E-state index contributed by atoms with van der Waals surface area (Å²) in [7, 11) is -3.72.